The minimum absolute atomic E-state index is 0.109. The van der Waals surface area contributed by atoms with Crippen molar-refractivity contribution in [2.45, 2.75) is 103 Å². The Kier molecular flexibility index (Phi) is 24.4. The van der Waals surface area contributed by atoms with Gasteiger partial charge in [-0.1, -0.05) is 107 Å². The zero-order chi connectivity index (χ0) is 25.8. The minimum atomic E-state index is -0.821. The maximum atomic E-state index is 11.9. The van der Waals surface area contributed by atoms with Crippen LogP contribution in [0, 0.1) is 0 Å². The van der Waals surface area contributed by atoms with E-state index in [-0.39, 0.29) is 25.6 Å². The lowest BCUT2D eigenvalue weighted by Crippen LogP contribution is -2.28. The molecule has 0 fully saturated rings. The highest BCUT2D eigenvalue weighted by atomic mass is 16.6. The highest BCUT2D eigenvalue weighted by Gasteiger charge is 2.15. The van der Waals surface area contributed by atoms with Gasteiger partial charge < -0.3 is 14.6 Å². The topological polar surface area (TPSA) is 72.8 Å². The number of allylic oxidation sites excluding steroid dienone is 9. The van der Waals surface area contributed by atoms with Crippen molar-refractivity contribution in [1.82, 2.24) is 0 Å². The first-order chi connectivity index (χ1) is 17.1. The molecule has 0 spiro atoms. The first-order valence-electron chi connectivity index (χ1n) is 13.3. The number of esters is 2. The molecule has 0 aliphatic rings. The van der Waals surface area contributed by atoms with E-state index < -0.39 is 12.1 Å². The number of ether oxygens (including phenoxy) is 2. The van der Waals surface area contributed by atoms with Crippen molar-refractivity contribution in [1.29, 1.82) is 0 Å². The second-order valence-corrected chi connectivity index (χ2v) is 8.41. The van der Waals surface area contributed by atoms with Crippen LogP contribution in [0.15, 0.2) is 60.8 Å². The van der Waals surface area contributed by atoms with E-state index in [1.165, 1.54) is 19.3 Å². The number of carbonyl (C=O) groups excluding carboxylic acids is 2. The molecule has 0 aromatic heterocycles. The maximum absolute atomic E-state index is 11.9. The number of hydrogen-bond acceptors (Lipinski definition) is 5. The highest BCUT2D eigenvalue weighted by Crippen LogP contribution is 2.08. The van der Waals surface area contributed by atoms with Crippen LogP contribution in [-0.4, -0.2) is 36.4 Å². The third-order valence-corrected chi connectivity index (χ3v) is 5.11. The first kappa shape index (κ1) is 32.6. The molecule has 0 heterocycles. The van der Waals surface area contributed by atoms with Crippen molar-refractivity contribution in [3.8, 4) is 0 Å². The van der Waals surface area contributed by atoms with E-state index in [4.69, 9.17) is 9.47 Å². The Balaban J connectivity index is 3.85. The Morgan fingerprint density at radius 1 is 0.686 bits per heavy atom. The summed E-state index contributed by atoms with van der Waals surface area (Å²) in [4.78, 5) is 23.7. The van der Waals surface area contributed by atoms with Gasteiger partial charge >= 0.3 is 11.9 Å². The summed E-state index contributed by atoms with van der Waals surface area (Å²) in [5, 5.41) is 9.38. The van der Waals surface area contributed by atoms with Crippen molar-refractivity contribution in [3.05, 3.63) is 60.8 Å². The Labute approximate surface area is 213 Å². The Hall–Kier alpha value is -2.40. The van der Waals surface area contributed by atoms with Gasteiger partial charge in [0.1, 0.15) is 6.61 Å². The molecule has 0 amide bonds. The van der Waals surface area contributed by atoms with Crippen LogP contribution < -0.4 is 0 Å². The normalized spacial score (nSPS) is 13.1. The number of hydrogen-bond donors (Lipinski definition) is 1. The van der Waals surface area contributed by atoms with Gasteiger partial charge in [-0.05, 0) is 38.5 Å². The molecule has 0 aromatic rings. The standard InChI is InChI=1S/C30H48O5/c1-3-5-7-9-11-12-13-14-15-16-17-18-19-21-23-25-30(33)35-28(26-31)27-34-29(32)24-22-20-10-8-6-4-2/h5,7,11-12,14-15,17-18,21,23,28,31H,3-4,6,8-10,13,16,19-20,22,24-27H2,1-2H3/b7-5-,12-11-,15-14-,18-17-,23-21-. The molecule has 0 aliphatic carbocycles. The van der Waals surface area contributed by atoms with Gasteiger partial charge in [-0.2, -0.15) is 0 Å². The predicted molar refractivity (Wildman–Crippen MR) is 145 cm³/mol. The van der Waals surface area contributed by atoms with Crippen LogP contribution in [0.4, 0.5) is 0 Å². The van der Waals surface area contributed by atoms with E-state index in [2.05, 4.69) is 62.5 Å². The van der Waals surface area contributed by atoms with Gasteiger partial charge in [-0.3, -0.25) is 9.59 Å². The Morgan fingerprint density at radius 3 is 1.74 bits per heavy atom. The summed E-state index contributed by atoms with van der Waals surface area (Å²) in [6, 6.07) is 0. The van der Waals surface area contributed by atoms with Crippen LogP contribution in [0.5, 0.6) is 0 Å². The molecular formula is C30H48O5. The van der Waals surface area contributed by atoms with Crippen LogP contribution >= 0.6 is 0 Å². The summed E-state index contributed by atoms with van der Waals surface area (Å²) < 4.78 is 10.3. The lowest BCUT2D eigenvalue weighted by atomic mass is 10.1. The predicted octanol–water partition coefficient (Wildman–Crippen LogP) is 7.33. The summed E-state index contributed by atoms with van der Waals surface area (Å²) in [5.41, 5.74) is 0. The fourth-order valence-electron chi connectivity index (χ4n) is 3.10. The van der Waals surface area contributed by atoms with Crippen molar-refractivity contribution in [2.24, 2.45) is 0 Å². The molecule has 1 N–H and O–H groups in total. The number of carbonyl (C=O) groups is 2. The van der Waals surface area contributed by atoms with Gasteiger partial charge in [-0.15, -0.1) is 0 Å². The van der Waals surface area contributed by atoms with Crippen molar-refractivity contribution in [3.63, 3.8) is 0 Å². The molecule has 0 aromatic carbocycles. The molecule has 1 unspecified atom stereocenters. The second-order valence-electron chi connectivity index (χ2n) is 8.41. The lowest BCUT2D eigenvalue weighted by molar-refractivity contribution is -0.160. The van der Waals surface area contributed by atoms with E-state index >= 15 is 0 Å². The molecule has 198 valence electrons. The van der Waals surface area contributed by atoms with E-state index in [1.54, 1.807) is 6.08 Å². The minimum Gasteiger partial charge on any atom is -0.462 e. The number of rotatable bonds is 22. The van der Waals surface area contributed by atoms with Crippen molar-refractivity contribution >= 4 is 11.9 Å². The maximum Gasteiger partial charge on any atom is 0.310 e. The van der Waals surface area contributed by atoms with Gasteiger partial charge in [0.15, 0.2) is 6.10 Å². The Morgan fingerprint density at radius 2 is 1.20 bits per heavy atom. The molecule has 5 nitrogen and oxygen atoms in total. The zero-order valence-corrected chi connectivity index (χ0v) is 22.0. The SMILES string of the molecule is CC/C=C\C/C=C\C/C=C\C/C=C\C/C=C\CC(=O)OC(CO)COC(=O)CCCCCCCC. The number of unbranched alkanes of at least 4 members (excludes halogenated alkanes) is 5. The summed E-state index contributed by atoms with van der Waals surface area (Å²) in [6.07, 6.45) is 31.7. The average Bonchev–Trinajstić information content (AvgIpc) is 2.86. The summed E-state index contributed by atoms with van der Waals surface area (Å²) in [7, 11) is 0. The summed E-state index contributed by atoms with van der Waals surface area (Å²) in [5.74, 6) is -0.759. The van der Waals surface area contributed by atoms with Gasteiger partial charge in [0, 0.05) is 6.42 Å². The molecule has 35 heavy (non-hydrogen) atoms. The average molecular weight is 489 g/mol. The highest BCUT2D eigenvalue weighted by molar-refractivity contribution is 5.71. The van der Waals surface area contributed by atoms with Crippen LogP contribution in [0.2, 0.25) is 0 Å². The van der Waals surface area contributed by atoms with E-state index in [9.17, 15) is 14.7 Å². The fraction of sp³-hybridized carbons (Fsp3) is 0.600. The summed E-state index contributed by atoms with van der Waals surface area (Å²) >= 11 is 0. The Bertz CT molecular complexity index is 658. The fourth-order valence-corrected chi connectivity index (χ4v) is 3.10. The van der Waals surface area contributed by atoms with Gasteiger partial charge in [0.25, 0.3) is 0 Å². The largest absolute Gasteiger partial charge is 0.462 e. The number of aliphatic hydroxyl groups excluding tert-OH is 1. The lowest BCUT2D eigenvalue weighted by Gasteiger charge is -2.15. The van der Waals surface area contributed by atoms with Gasteiger partial charge in [0.05, 0.1) is 13.0 Å². The zero-order valence-electron chi connectivity index (χ0n) is 22.0. The summed E-state index contributed by atoms with van der Waals surface area (Å²) in [6.45, 7) is 3.82. The molecule has 0 saturated heterocycles. The van der Waals surface area contributed by atoms with Crippen LogP contribution in [-0.2, 0) is 19.1 Å². The van der Waals surface area contributed by atoms with E-state index in [0.717, 1.165) is 51.4 Å². The van der Waals surface area contributed by atoms with Crippen molar-refractivity contribution < 1.29 is 24.2 Å². The van der Waals surface area contributed by atoms with Gasteiger partial charge in [-0.25, -0.2) is 0 Å². The van der Waals surface area contributed by atoms with E-state index in [0.29, 0.717) is 6.42 Å². The van der Waals surface area contributed by atoms with Crippen molar-refractivity contribution in [2.75, 3.05) is 13.2 Å². The third-order valence-electron chi connectivity index (χ3n) is 5.11. The van der Waals surface area contributed by atoms with Crippen LogP contribution in [0.1, 0.15) is 97.3 Å². The van der Waals surface area contributed by atoms with Crippen LogP contribution in [0.3, 0.4) is 0 Å². The molecular weight excluding hydrogens is 440 g/mol. The van der Waals surface area contributed by atoms with Crippen LogP contribution in [0.25, 0.3) is 0 Å². The molecule has 0 rings (SSSR count). The molecule has 1 atom stereocenters. The first-order valence-corrected chi connectivity index (χ1v) is 13.3. The van der Waals surface area contributed by atoms with E-state index in [1.807, 2.05) is 6.08 Å². The molecule has 0 aliphatic heterocycles. The molecule has 5 heteroatoms. The molecule has 0 radical (unpaired) electrons. The van der Waals surface area contributed by atoms with Gasteiger partial charge in [0.2, 0.25) is 0 Å². The smallest absolute Gasteiger partial charge is 0.310 e. The second kappa shape index (κ2) is 26.2. The molecule has 0 saturated carbocycles. The quantitative estimate of drug-likeness (QED) is 0.0981. The third kappa shape index (κ3) is 24.5. The molecule has 0 bridgehead atoms. The monoisotopic (exact) mass is 488 g/mol. The number of aliphatic hydroxyl groups is 1.